The summed E-state index contributed by atoms with van der Waals surface area (Å²) in [6.45, 7) is 4.92. The third kappa shape index (κ3) is 1.97. The molecular formula is C16H19FN2. The molecule has 0 fully saturated rings. The largest absolute Gasteiger partial charge is 0.384 e. The van der Waals surface area contributed by atoms with E-state index in [-0.39, 0.29) is 5.82 Å². The van der Waals surface area contributed by atoms with Crippen LogP contribution >= 0.6 is 0 Å². The van der Waals surface area contributed by atoms with E-state index in [2.05, 4.69) is 12.2 Å². The van der Waals surface area contributed by atoms with Crippen molar-refractivity contribution in [1.82, 2.24) is 4.98 Å². The molecule has 1 aliphatic carbocycles. The molecular weight excluding hydrogens is 239 g/mol. The number of halogens is 1. The summed E-state index contributed by atoms with van der Waals surface area (Å²) in [7, 11) is 0. The fourth-order valence-corrected chi connectivity index (χ4v) is 2.89. The van der Waals surface area contributed by atoms with Gasteiger partial charge in [0.05, 0.1) is 5.52 Å². The van der Waals surface area contributed by atoms with Crippen LogP contribution in [0.4, 0.5) is 10.1 Å². The molecule has 0 saturated heterocycles. The fraction of sp³-hybridized carbons (Fsp3) is 0.438. The van der Waals surface area contributed by atoms with E-state index in [1.54, 1.807) is 6.07 Å². The maximum absolute atomic E-state index is 13.7. The smallest absolute Gasteiger partial charge is 0.128 e. The topological polar surface area (TPSA) is 24.9 Å². The molecule has 1 heterocycles. The zero-order chi connectivity index (χ0) is 13.4. The second-order valence-electron chi connectivity index (χ2n) is 5.26. The Balaban J connectivity index is 2.27. The van der Waals surface area contributed by atoms with Gasteiger partial charge in [-0.3, -0.25) is 4.98 Å². The van der Waals surface area contributed by atoms with Crippen molar-refractivity contribution in [2.75, 3.05) is 11.9 Å². The number of hydrogen-bond donors (Lipinski definition) is 1. The predicted molar refractivity (Wildman–Crippen MR) is 77.2 cm³/mol. The van der Waals surface area contributed by atoms with Crippen LogP contribution < -0.4 is 5.32 Å². The number of rotatable bonds is 3. The third-order valence-electron chi connectivity index (χ3n) is 3.92. The molecule has 0 aliphatic heterocycles. The van der Waals surface area contributed by atoms with E-state index in [1.165, 1.54) is 11.3 Å². The first-order valence-electron chi connectivity index (χ1n) is 7.06. The molecule has 1 aliphatic rings. The lowest BCUT2D eigenvalue weighted by Crippen LogP contribution is -2.06. The fourth-order valence-electron chi connectivity index (χ4n) is 2.89. The summed E-state index contributed by atoms with van der Waals surface area (Å²) in [6, 6.07) is 3.42. The van der Waals surface area contributed by atoms with Crippen molar-refractivity contribution in [3.63, 3.8) is 0 Å². The third-order valence-corrected chi connectivity index (χ3v) is 3.92. The van der Waals surface area contributed by atoms with E-state index in [0.717, 1.165) is 48.8 Å². The van der Waals surface area contributed by atoms with Crippen LogP contribution in [0.1, 0.15) is 36.6 Å². The van der Waals surface area contributed by atoms with Gasteiger partial charge in [0.1, 0.15) is 5.82 Å². The van der Waals surface area contributed by atoms with Crippen LogP contribution in [-0.4, -0.2) is 11.5 Å². The SMILES string of the molecule is CCCNc1c2c(nc3c(C)c(F)ccc13)CCC2. The molecule has 0 amide bonds. The van der Waals surface area contributed by atoms with Crippen molar-refractivity contribution < 1.29 is 4.39 Å². The summed E-state index contributed by atoms with van der Waals surface area (Å²) >= 11 is 0. The standard InChI is InChI=1S/C16H19FN2/c1-3-9-18-16-11-5-4-6-14(11)19-15-10(2)13(17)8-7-12(15)16/h7-8H,3-6,9H2,1-2H3,(H,18,19). The second-order valence-corrected chi connectivity index (χ2v) is 5.26. The molecule has 1 N–H and O–H groups in total. The van der Waals surface area contributed by atoms with Gasteiger partial charge in [-0.05, 0) is 50.3 Å². The first kappa shape index (κ1) is 12.4. The Morgan fingerprint density at radius 2 is 2.16 bits per heavy atom. The number of nitrogens with one attached hydrogen (secondary N) is 1. The van der Waals surface area contributed by atoms with Gasteiger partial charge in [-0.2, -0.15) is 0 Å². The Bertz CT molecular complexity index is 634. The van der Waals surface area contributed by atoms with E-state index >= 15 is 0 Å². The van der Waals surface area contributed by atoms with Crippen LogP contribution in [0.3, 0.4) is 0 Å². The predicted octanol–water partition coefficient (Wildman–Crippen LogP) is 3.99. The Morgan fingerprint density at radius 3 is 2.95 bits per heavy atom. The number of nitrogens with zero attached hydrogens (tertiary/aromatic N) is 1. The van der Waals surface area contributed by atoms with E-state index in [1.807, 2.05) is 13.0 Å². The molecule has 1 aromatic carbocycles. The summed E-state index contributed by atoms with van der Waals surface area (Å²) < 4.78 is 13.7. The first-order chi connectivity index (χ1) is 9.22. The van der Waals surface area contributed by atoms with Gasteiger partial charge in [-0.1, -0.05) is 6.92 Å². The highest BCUT2D eigenvalue weighted by Crippen LogP contribution is 2.35. The van der Waals surface area contributed by atoms with Gasteiger partial charge >= 0.3 is 0 Å². The molecule has 0 atom stereocenters. The number of fused-ring (bicyclic) bond motifs is 2. The minimum Gasteiger partial charge on any atom is -0.384 e. The van der Waals surface area contributed by atoms with Gasteiger partial charge in [-0.15, -0.1) is 0 Å². The van der Waals surface area contributed by atoms with Gasteiger partial charge in [0, 0.05) is 28.9 Å². The van der Waals surface area contributed by atoms with Gasteiger partial charge < -0.3 is 5.32 Å². The van der Waals surface area contributed by atoms with Crippen molar-refractivity contribution in [2.45, 2.75) is 39.5 Å². The Kier molecular flexibility index (Phi) is 3.13. The average molecular weight is 258 g/mol. The maximum Gasteiger partial charge on any atom is 0.128 e. The van der Waals surface area contributed by atoms with E-state index in [0.29, 0.717) is 5.56 Å². The highest BCUT2D eigenvalue weighted by molar-refractivity contribution is 5.95. The lowest BCUT2D eigenvalue weighted by atomic mass is 10.0. The Morgan fingerprint density at radius 1 is 1.32 bits per heavy atom. The zero-order valence-corrected chi connectivity index (χ0v) is 11.5. The molecule has 1 aromatic heterocycles. The summed E-state index contributed by atoms with van der Waals surface area (Å²) in [5.74, 6) is -0.167. The van der Waals surface area contributed by atoms with Crippen molar-refractivity contribution in [2.24, 2.45) is 0 Å². The average Bonchev–Trinajstić information content (AvgIpc) is 2.87. The van der Waals surface area contributed by atoms with Gasteiger partial charge in [-0.25, -0.2) is 4.39 Å². The minimum atomic E-state index is -0.167. The molecule has 3 heteroatoms. The van der Waals surface area contributed by atoms with Crippen LogP contribution in [0, 0.1) is 12.7 Å². The monoisotopic (exact) mass is 258 g/mol. The summed E-state index contributed by atoms with van der Waals surface area (Å²) in [4.78, 5) is 4.70. The number of benzene rings is 1. The lowest BCUT2D eigenvalue weighted by Gasteiger charge is -2.15. The molecule has 19 heavy (non-hydrogen) atoms. The number of aromatic nitrogens is 1. The van der Waals surface area contributed by atoms with Crippen molar-refractivity contribution in [1.29, 1.82) is 0 Å². The highest BCUT2D eigenvalue weighted by atomic mass is 19.1. The Hall–Kier alpha value is -1.64. The van der Waals surface area contributed by atoms with Crippen molar-refractivity contribution in [3.8, 4) is 0 Å². The van der Waals surface area contributed by atoms with Crippen LogP contribution in [-0.2, 0) is 12.8 Å². The summed E-state index contributed by atoms with van der Waals surface area (Å²) in [6.07, 6.45) is 4.34. The maximum atomic E-state index is 13.7. The first-order valence-corrected chi connectivity index (χ1v) is 7.06. The quantitative estimate of drug-likeness (QED) is 0.900. The Labute approximate surface area is 113 Å². The zero-order valence-electron chi connectivity index (χ0n) is 11.5. The van der Waals surface area contributed by atoms with Gasteiger partial charge in [0.15, 0.2) is 0 Å². The lowest BCUT2D eigenvalue weighted by molar-refractivity contribution is 0.620. The van der Waals surface area contributed by atoms with Gasteiger partial charge in [0.25, 0.3) is 0 Å². The normalized spacial score (nSPS) is 13.8. The molecule has 3 rings (SSSR count). The van der Waals surface area contributed by atoms with Crippen LogP contribution in [0.25, 0.3) is 10.9 Å². The molecule has 0 spiro atoms. The molecule has 0 unspecified atom stereocenters. The number of hydrogen-bond acceptors (Lipinski definition) is 2. The van der Waals surface area contributed by atoms with Crippen LogP contribution in [0.2, 0.25) is 0 Å². The van der Waals surface area contributed by atoms with Crippen molar-refractivity contribution >= 4 is 16.6 Å². The molecule has 0 saturated carbocycles. The second kappa shape index (κ2) is 4.80. The number of pyridine rings is 1. The van der Waals surface area contributed by atoms with E-state index < -0.39 is 0 Å². The number of aryl methyl sites for hydroxylation is 2. The van der Waals surface area contributed by atoms with E-state index in [9.17, 15) is 4.39 Å². The summed E-state index contributed by atoms with van der Waals surface area (Å²) in [5, 5.41) is 4.58. The molecule has 100 valence electrons. The van der Waals surface area contributed by atoms with Crippen LogP contribution in [0.5, 0.6) is 0 Å². The highest BCUT2D eigenvalue weighted by Gasteiger charge is 2.20. The summed E-state index contributed by atoms with van der Waals surface area (Å²) in [5.41, 5.74) is 5.15. The number of anilines is 1. The van der Waals surface area contributed by atoms with Gasteiger partial charge in [0.2, 0.25) is 0 Å². The molecule has 2 aromatic rings. The minimum absolute atomic E-state index is 0.167. The van der Waals surface area contributed by atoms with Crippen molar-refractivity contribution in [3.05, 3.63) is 34.8 Å². The van der Waals surface area contributed by atoms with Crippen LogP contribution in [0.15, 0.2) is 12.1 Å². The van der Waals surface area contributed by atoms with E-state index in [4.69, 9.17) is 4.98 Å². The molecule has 0 radical (unpaired) electrons. The molecule has 2 nitrogen and oxygen atoms in total. The molecule has 0 bridgehead atoms.